The van der Waals surface area contributed by atoms with Gasteiger partial charge in [0.25, 0.3) is 0 Å². The molecule has 0 saturated heterocycles. The third-order valence-electron chi connectivity index (χ3n) is 2.27. The molecule has 1 aromatic rings. The molecule has 1 atom stereocenters. The van der Waals surface area contributed by atoms with Gasteiger partial charge in [-0.2, -0.15) is 0 Å². The maximum Gasteiger partial charge on any atom is 0.307 e. The molecule has 2 N–H and O–H groups in total. The van der Waals surface area contributed by atoms with Gasteiger partial charge in [0.1, 0.15) is 4.21 Å². The average Bonchev–Trinajstić information content (AvgIpc) is 2.77. The van der Waals surface area contributed by atoms with Gasteiger partial charge in [0.05, 0.1) is 5.92 Å². The fourth-order valence-corrected chi connectivity index (χ4v) is 3.48. The molecule has 1 heterocycles. The number of thiophene rings is 1. The van der Waals surface area contributed by atoms with Gasteiger partial charge in [-0.15, -0.1) is 11.3 Å². The van der Waals surface area contributed by atoms with E-state index in [4.69, 9.17) is 5.11 Å². The average molecular weight is 277 g/mol. The van der Waals surface area contributed by atoms with Crippen LogP contribution in [0.5, 0.6) is 0 Å². The van der Waals surface area contributed by atoms with Crippen LogP contribution in [0.3, 0.4) is 0 Å². The van der Waals surface area contributed by atoms with E-state index >= 15 is 0 Å². The van der Waals surface area contributed by atoms with E-state index in [2.05, 4.69) is 4.72 Å². The quantitative estimate of drug-likeness (QED) is 0.791. The van der Waals surface area contributed by atoms with Gasteiger partial charge in [-0.3, -0.25) is 4.79 Å². The lowest BCUT2D eigenvalue weighted by molar-refractivity contribution is -0.141. The van der Waals surface area contributed by atoms with Gasteiger partial charge in [-0.05, 0) is 17.9 Å². The third kappa shape index (κ3) is 4.10. The smallest absolute Gasteiger partial charge is 0.307 e. The lowest BCUT2D eigenvalue weighted by atomic mass is 10.1. The van der Waals surface area contributed by atoms with E-state index in [1.165, 1.54) is 6.07 Å². The largest absolute Gasteiger partial charge is 0.481 e. The summed E-state index contributed by atoms with van der Waals surface area (Å²) >= 11 is 1.11. The molecule has 0 aliphatic rings. The first-order valence-corrected chi connectivity index (χ1v) is 7.59. The van der Waals surface area contributed by atoms with Crippen molar-refractivity contribution in [1.29, 1.82) is 0 Å². The molecular formula is C10H15NO4S2. The summed E-state index contributed by atoms with van der Waals surface area (Å²) < 4.78 is 26.0. The normalized spacial score (nSPS) is 13.5. The molecule has 5 nitrogen and oxygen atoms in total. The number of hydrogen-bond acceptors (Lipinski definition) is 4. The number of carboxylic acids is 1. The lowest BCUT2D eigenvalue weighted by Gasteiger charge is -2.11. The van der Waals surface area contributed by atoms with Crippen molar-refractivity contribution in [3.63, 3.8) is 0 Å². The summed E-state index contributed by atoms with van der Waals surface area (Å²) in [6.45, 7) is 1.80. The van der Waals surface area contributed by atoms with Gasteiger partial charge in [0.2, 0.25) is 10.0 Å². The van der Waals surface area contributed by atoms with Crippen molar-refractivity contribution < 1.29 is 18.3 Å². The molecule has 7 heteroatoms. The van der Waals surface area contributed by atoms with Crippen LogP contribution >= 0.6 is 11.3 Å². The molecule has 17 heavy (non-hydrogen) atoms. The highest BCUT2D eigenvalue weighted by Gasteiger charge is 2.21. The molecular weight excluding hydrogens is 262 g/mol. The Morgan fingerprint density at radius 2 is 2.29 bits per heavy atom. The maximum atomic E-state index is 11.7. The van der Waals surface area contributed by atoms with Crippen LogP contribution in [0.1, 0.15) is 19.8 Å². The fourth-order valence-electron chi connectivity index (χ4n) is 1.36. The van der Waals surface area contributed by atoms with Crippen molar-refractivity contribution in [3.05, 3.63) is 17.5 Å². The van der Waals surface area contributed by atoms with Crippen molar-refractivity contribution in [2.75, 3.05) is 6.54 Å². The van der Waals surface area contributed by atoms with E-state index in [-0.39, 0.29) is 10.8 Å². The van der Waals surface area contributed by atoms with Gasteiger partial charge in [-0.1, -0.05) is 19.4 Å². The van der Waals surface area contributed by atoms with Crippen molar-refractivity contribution in [2.24, 2.45) is 5.92 Å². The number of nitrogens with one attached hydrogen (secondary N) is 1. The molecule has 1 rings (SSSR count). The zero-order valence-electron chi connectivity index (χ0n) is 9.42. The number of hydrogen-bond donors (Lipinski definition) is 2. The Labute approximate surface area is 105 Å². The van der Waals surface area contributed by atoms with Crippen molar-refractivity contribution in [2.45, 2.75) is 24.0 Å². The number of rotatable bonds is 7. The van der Waals surface area contributed by atoms with Crippen molar-refractivity contribution in [3.8, 4) is 0 Å². The van der Waals surface area contributed by atoms with Crippen LogP contribution in [0.4, 0.5) is 0 Å². The predicted octanol–water partition coefficient (Wildman–Crippen LogP) is 1.53. The van der Waals surface area contributed by atoms with Crippen LogP contribution in [-0.2, 0) is 14.8 Å². The Morgan fingerprint density at radius 3 is 2.76 bits per heavy atom. The van der Waals surface area contributed by atoms with Crippen LogP contribution in [0, 0.1) is 5.92 Å². The van der Waals surface area contributed by atoms with E-state index in [9.17, 15) is 13.2 Å². The lowest BCUT2D eigenvalue weighted by Crippen LogP contribution is -2.32. The van der Waals surface area contributed by atoms with E-state index in [0.29, 0.717) is 12.8 Å². The van der Waals surface area contributed by atoms with Crippen LogP contribution in [0.15, 0.2) is 21.7 Å². The molecule has 1 aromatic heterocycles. The SMILES string of the molecule is CCCC(CNS(=O)(=O)c1cccs1)C(=O)O. The minimum Gasteiger partial charge on any atom is -0.481 e. The second kappa shape index (κ2) is 6.13. The van der Waals surface area contributed by atoms with Crippen LogP contribution in [0.2, 0.25) is 0 Å². The second-order valence-electron chi connectivity index (χ2n) is 3.61. The molecule has 0 bridgehead atoms. The zero-order valence-corrected chi connectivity index (χ0v) is 11.1. The standard InChI is InChI=1S/C10H15NO4S2/c1-2-4-8(10(12)13)7-11-17(14,15)9-5-3-6-16-9/h3,5-6,8,11H,2,4,7H2,1H3,(H,12,13). The van der Waals surface area contributed by atoms with Gasteiger partial charge in [-0.25, -0.2) is 13.1 Å². The van der Waals surface area contributed by atoms with E-state index in [1.54, 1.807) is 11.4 Å². The molecule has 0 saturated carbocycles. The van der Waals surface area contributed by atoms with Gasteiger partial charge in [0.15, 0.2) is 0 Å². The fraction of sp³-hybridized carbons (Fsp3) is 0.500. The monoisotopic (exact) mass is 277 g/mol. The Bertz CT molecular complexity index is 453. The Kier molecular flexibility index (Phi) is 5.10. The van der Waals surface area contributed by atoms with Crippen molar-refractivity contribution in [1.82, 2.24) is 4.72 Å². The second-order valence-corrected chi connectivity index (χ2v) is 6.55. The summed E-state index contributed by atoms with van der Waals surface area (Å²) in [4.78, 5) is 10.9. The molecule has 0 aromatic carbocycles. The molecule has 1 unspecified atom stereocenters. The minimum absolute atomic E-state index is 0.0661. The molecule has 0 radical (unpaired) electrons. The van der Waals surface area contributed by atoms with Crippen LogP contribution in [-0.4, -0.2) is 26.0 Å². The number of aliphatic carboxylic acids is 1. The van der Waals surface area contributed by atoms with Crippen molar-refractivity contribution >= 4 is 27.3 Å². The molecule has 0 aliphatic carbocycles. The summed E-state index contributed by atoms with van der Waals surface area (Å²) in [5.74, 6) is -1.64. The topological polar surface area (TPSA) is 83.5 Å². The predicted molar refractivity (Wildman–Crippen MR) is 65.5 cm³/mol. The number of carbonyl (C=O) groups is 1. The highest BCUT2D eigenvalue weighted by molar-refractivity contribution is 7.91. The van der Waals surface area contributed by atoms with Crippen LogP contribution < -0.4 is 4.72 Å². The molecule has 0 aliphatic heterocycles. The summed E-state index contributed by atoms with van der Waals surface area (Å²) in [5, 5.41) is 10.6. The first kappa shape index (κ1) is 14.1. The van der Waals surface area contributed by atoms with Gasteiger partial charge < -0.3 is 5.11 Å². The molecule has 0 spiro atoms. The Hall–Kier alpha value is -0.920. The molecule has 0 amide bonds. The zero-order chi connectivity index (χ0) is 12.9. The highest BCUT2D eigenvalue weighted by Crippen LogP contribution is 2.16. The molecule has 0 fully saturated rings. The van der Waals surface area contributed by atoms with E-state index < -0.39 is 21.9 Å². The van der Waals surface area contributed by atoms with Gasteiger partial charge >= 0.3 is 5.97 Å². The van der Waals surface area contributed by atoms with E-state index in [0.717, 1.165) is 11.3 Å². The van der Waals surface area contributed by atoms with Gasteiger partial charge in [0, 0.05) is 6.54 Å². The third-order valence-corrected chi connectivity index (χ3v) is 5.09. The Balaban J connectivity index is 2.63. The first-order valence-electron chi connectivity index (χ1n) is 5.23. The minimum atomic E-state index is -3.56. The summed E-state index contributed by atoms with van der Waals surface area (Å²) in [6, 6.07) is 3.13. The maximum absolute atomic E-state index is 11.7. The summed E-state index contributed by atoms with van der Waals surface area (Å²) in [7, 11) is -3.56. The number of sulfonamides is 1. The highest BCUT2D eigenvalue weighted by atomic mass is 32.2. The summed E-state index contributed by atoms with van der Waals surface area (Å²) in [6.07, 6.45) is 1.17. The van der Waals surface area contributed by atoms with E-state index in [1.807, 2.05) is 6.92 Å². The first-order chi connectivity index (χ1) is 7.97. The number of carboxylic acid groups (broad SMARTS) is 1. The molecule has 96 valence electrons. The summed E-state index contributed by atoms with van der Waals surface area (Å²) in [5.41, 5.74) is 0. The van der Waals surface area contributed by atoms with Crippen LogP contribution in [0.25, 0.3) is 0 Å². The Morgan fingerprint density at radius 1 is 1.59 bits per heavy atom.